The van der Waals surface area contributed by atoms with Crippen molar-refractivity contribution in [2.45, 2.75) is 13.0 Å². The van der Waals surface area contributed by atoms with Crippen molar-refractivity contribution in [3.05, 3.63) is 56.1 Å². The number of benzene rings is 1. The first-order valence-corrected chi connectivity index (χ1v) is 11.9. The van der Waals surface area contributed by atoms with Gasteiger partial charge in [0, 0.05) is 42.2 Å². The summed E-state index contributed by atoms with van der Waals surface area (Å²) in [5, 5.41) is 23.0. The van der Waals surface area contributed by atoms with Gasteiger partial charge in [0.2, 0.25) is 0 Å². The minimum atomic E-state index is -1.12. The molecular formula is C22H19Cl2LiN4O5S. The molecule has 4 N–H and O–H groups in total. The fraction of sp³-hybridized carbons (Fsp3) is 0.273. The molecule has 178 valence electrons. The zero-order valence-electron chi connectivity index (χ0n) is 17.6. The Hall–Kier alpha value is -2.48. The van der Waals surface area contributed by atoms with E-state index in [2.05, 4.69) is 15.3 Å². The van der Waals surface area contributed by atoms with E-state index in [0.717, 1.165) is 11.3 Å². The number of aromatic nitrogens is 2. The van der Waals surface area contributed by atoms with Crippen molar-refractivity contribution in [2.24, 2.45) is 11.8 Å². The number of aromatic amines is 1. The zero-order chi connectivity index (χ0) is 24.3. The average Bonchev–Trinajstić information content (AvgIpc) is 3.19. The average molecular weight is 529 g/mol. The molecule has 2 fully saturated rings. The van der Waals surface area contributed by atoms with Crippen LogP contribution in [0.15, 0.2) is 24.3 Å². The molecule has 35 heavy (non-hydrogen) atoms. The number of thiazole rings is 1. The fourth-order valence-electron chi connectivity index (χ4n) is 4.43. The van der Waals surface area contributed by atoms with E-state index in [1.54, 1.807) is 19.1 Å². The number of hydrogen-bond acceptors (Lipinski definition) is 6. The summed E-state index contributed by atoms with van der Waals surface area (Å²) in [6.45, 7) is 2.98. The SMILES string of the molecule is Cc1[nH]c(C(=O)N[C@H]2[C@@H]3CN(c4nc(-c5cccc(C(=O)O)c5)c(C(=O)O)s4)C[C@@H]32)c(Cl)c1Cl.[LiH]. The molecule has 2 aliphatic rings. The molecule has 1 saturated carbocycles. The maximum absolute atomic E-state index is 12.6. The van der Waals surface area contributed by atoms with Gasteiger partial charge in [-0.3, -0.25) is 4.79 Å². The normalized spacial score (nSPS) is 20.2. The predicted octanol–water partition coefficient (Wildman–Crippen LogP) is 3.37. The first kappa shape index (κ1) is 25.6. The standard InChI is InChI=1S/C22H18Cl2N4O5S.Li.H/c1-8-13(23)14(24)17(25-8)19(29)26-16-11-6-28(7-12(11)16)22-27-15(18(34-22)21(32)33)9-3-2-4-10(5-9)20(30)31;;/h2-5,11-12,16,25H,6-7H2,1H3,(H,26,29)(H,30,31)(H,32,33);;/t11-,12+,16+;;. The number of H-pyrrole nitrogens is 1. The number of nitrogens with zero attached hydrogens (tertiary/aromatic N) is 2. The minimum absolute atomic E-state index is 0. The van der Waals surface area contributed by atoms with Crippen LogP contribution >= 0.6 is 34.5 Å². The van der Waals surface area contributed by atoms with Crippen molar-refractivity contribution in [1.82, 2.24) is 15.3 Å². The van der Waals surface area contributed by atoms with Crippen LogP contribution in [0.25, 0.3) is 11.3 Å². The van der Waals surface area contributed by atoms with Crippen LogP contribution in [0.4, 0.5) is 5.13 Å². The molecule has 1 aromatic carbocycles. The number of amides is 1. The van der Waals surface area contributed by atoms with Crippen molar-refractivity contribution < 1.29 is 24.6 Å². The number of piperidine rings is 1. The molecule has 1 aliphatic heterocycles. The number of anilines is 1. The van der Waals surface area contributed by atoms with E-state index in [1.807, 2.05) is 4.90 Å². The van der Waals surface area contributed by atoms with E-state index in [0.29, 0.717) is 34.5 Å². The molecule has 0 radical (unpaired) electrons. The van der Waals surface area contributed by atoms with Crippen molar-refractivity contribution in [3.8, 4) is 11.3 Å². The number of halogens is 2. The van der Waals surface area contributed by atoms with Crippen LogP contribution in [-0.4, -0.2) is 76.0 Å². The van der Waals surface area contributed by atoms with E-state index in [4.69, 9.17) is 23.2 Å². The molecule has 13 heteroatoms. The van der Waals surface area contributed by atoms with Crippen molar-refractivity contribution in [2.75, 3.05) is 18.0 Å². The van der Waals surface area contributed by atoms with Crippen LogP contribution in [0, 0.1) is 18.8 Å². The second-order valence-corrected chi connectivity index (χ2v) is 10.1. The molecule has 3 atom stereocenters. The Balaban J connectivity index is 0.00000289. The molecule has 1 aliphatic carbocycles. The fourth-order valence-corrected chi connectivity index (χ4v) is 5.79. The van der Waals surface area contributed by atoms with Crippen molar-refractivity contribution in [3.63, 3.8) is 0 Å². The monoisotopic (exact) mass is 528 g/mol. The van der Waals surface area contributed by atoms with Gasteiger partial charge in [-0.25, -0.2) is 14.6 Å². The first-order valence-electron chi connectivity index (χ1n) is 10.3. The number of fused-ring (bicyclic) bond motifs is 1. The van der Waals surface area contributed by atoms with Gasteiger partial charge in [0.1, 0.15) is 10.6 Å². The summed E-state index contributed by atoms with van der Waals surface area (Å²) in [6.07, 6.45) is 0. The number of carbonyl (C=O) groups is 3. The summed E-state index contributed by atoms with van der Waals surface area (Å²) in [4.78, 5) is 45.3. The van der Waals surface area contributed by atoms with Gasteiger partial charge in [0.05, 0.1) is 21.3 Å². The van der Waals surface area contributed by atoms with Crippen LogP contribution in [-0.2, 0) is 0 Å². The van der Waals surface area contributed by atoms with Gasteiger partial charge in [0.15, 0.2) is 5.13 Å². The number of aromatic carboxylic acids is 2. The molecule has 9 nitrogen and oxygen atoms in total. The van der Waals surface area contributed by atoms with Crippen LogP contribution in [0.5, 0.6) is 0 Å². The van der Waals surface area contributed by atoms with Gasteiger partial charge in [-0.15, -0.1) is 0 Å². The summed E-state index contributed by atoms with van der Waals surface area (Å²) in [7, 11) is 0. The summed E-state index contributed by atoms with van der Waals surface area (Å²) in [5.74, 6) is -2.10. The Bertz CT molecular complexity index is 1350. The van der Waals surface area contributed by atoms with E-state index in [9.17, 15) is 24.6 Å². The van der Waals surface area contributed by atoms with Gasteiger partial charge in [-0.1, -0.05) is 46.7 Å². The Labute approximate surface area is 225 Å². The maximum atomic E-state index is 12.6. The summed E-state index contributed by atoms with van der Waals surface area (Å²) < 4.78 is 0. The summed E-state index contributed by atoms with van der Waals surface area (Å²) in [5.41, 5.74) is 1.61. The summed E-state index contributed by atoms with van der Waals surface area (Å²) in [6, 6.07) is 6.06. The molecule has 1 saturated heterocycles. The van der Waals surface area contributed by atoms with E-state index < -0.39 is 11.9 Å². The Morgan fingerprint density at radius 2 is 1.83 bits per heavy atom. The number of hydrogen-bond donors (Lipinski definition) is 4. The molecule has 3 aromatic rings. The van der Waals surface area contributed by atoms with Crippen LogP contribution in [0.2, 0.25) is 10.0 Å². The number of carboxylic acid groups (broad SMARTS) is 2. The Kier molecular flexibility index (Phi) is 6.97. The molecule has 0 unspecified atom stereocenters. The van der Waals surface area contributed by atoms with Crippen LogP contribution in [0.1, 0.15) is 36.2 Å². The molecule has 3 heterocycles. The number of carboxylic acids is 2. The second-order valence-electron chi connectivity index (χ2n) is 8.35. The van der Waals surface area contributed by atoms with E-state index in [1.165, 1.54) is 12.1 Å². The third-order valence-corrected chi connectivity index (χ3v) is 8.29. The van der Waals surface area contributed by atoms with Crippen molar-refractivity contribution in [1.29, 1.82) is 0 Å². The number of aryl methyl sites for hydroxylation is 1. The van der Waals surface area contributed by atoms with E-state index in [-0.39, 0.29) is 69.5 Å². The first-order chi connectivity index (χ1) is 16.2. The topological polar surface area (TPSA) is 136 Å². The molecule has 0 spiro atoms. The van der Waals surface area contributed by atoms with Gasteiger partial charge < -0.3 is 25.4 Å². The second kappa shape index (κ2) is 9.52. The van der Waals surface area contributed by atoms with E-state index >= 15 is 0 Å². The Morgan fingerprint density at radius 3 is 2.40 bits per heavy atom. The number of rotatable bonds is 6. The van der Waals surface area contributed by atoms with Gasteiger partial charge in [0.25, 0.3) is 5.91 Å². The molecule has 2 aromatic heterocycles. The molecule has 5 rings (SSSR count). The number of nitrogens with one attached hydrogen (secondary N) is 2. The quantitative estimate of drug-likeness (QED) is 0.360. The molecule has 0 bridgehead atoms. The van der Waals surface area contributed by atoms with Gasteiger partial charge in [-0.05, 0) is 19.1 Å². The zero-order valence-corrected chi connectivity index (χ0v) is 20.0. The van der Waals surface area contributed by atoms with Crippen molar-refractivity contribution >= 4 is 76.4 Å². The van der Waals surface area contributed by atoms with Gasteiger partial charge in [-0.2, -0.15) is 0 Å². The summed E-state index contributed by atoms with van der Waals surface area (Å²) >= 11 is 13.3. The van der Waals surface area contributed by atoms with Gasteiger partial charge >= 0.3 is 30.8 Å². The Morgan fingerprint density at radius 1 is 1.14 bits per heavy atom. The molecular weight excluding hydrogens is 510 g/mol. The molecule has 1 amide bonds. The van der Waals surface area contributed by atoms with Crippen LogP contribution in [0.3, 0.4) is 0 Å². The third kappa shape index (κ3) is 4.57. The third-order valence-electron chi connectivity index (χ3n) is 6.24. The number of carbonyl (C=O) groups excluding carboxylic acids is 1. The predicted molar refractivity (Wildman–Crippen MR) is 135 cm³/mol. The van der Waals surface area contributed by atoms with Crippen LogP contribution < -0.4 is 10.2 Å².